The molecule has 0 bridgehead atoms. The van der Waals surface area contributed by atoms with E-state index < -0.39 is 0 Å². The Kier molecular flexibility index (Phi) is 4.39. The quantitative estimate of drug-likeness (QED) is 0.560. The largest absolute Gasteiger partial charge is 0.294 e. The predicted molar refractivity (Wildman–Crippen MR) is 63.0 cm³/mol. The molecule has 0 saturated carbocycles. The first-order valence-electron chi connectivity index (χ1n) is 4.86. The fraction of sp³-hybridized carbons (Fsp3) is 0.308. The van der Waals surface area contributed by atoms with E-state index in [0.29, 0.717) is 23.4 Å². The summed E-state index contributed by atoms with van der Waals surface area (Å²) in [5, 5.41) is 0.510. The third-order valence-corrected chi connectivity index (χ3v) is 2.50. The van der Waals surface area contributed by atoms with Crippen molar-refractivity contribution in [3.63, 3.8) is 0 Å². The lowest BCUT2D eigenvalue weighted by Gasteiger charge is -2.07. The van der Waals surface area contributed by atoms with E-state index in [9.17, 15) is 4.79 Å². The molecule has 1 nitrogen and oxygen atoms in total. The van der Waals surface area contributed by atoms with Crippen LogP contribution < -0.4 is 0 Å². The lowest BCUT2D eigenvalue weighted by atomic mass is 9.97. The van der Waals surface area contributed by atoms with Gasteiger partial charge in [-0.2, -0.15) is 0 Å². The number of ketones is 1. The fourth-order valence-corrected chi connectivity index (χ4v) is 1.63. The molecule has 2 heteroatoms. The molecule has 0 aliphatic rings. The third kappa shape index (κ3) is 3.42. The molecule has 0 amide bonds. The van der Waals surface area contributed by atoms with Crippen LogP contribution >= 0.6 is 11.6 Å². The van der Waals surface area contributed by atoms with Gasteiger partial charge < -0.3 is 0 Å². The van der Waals surface area contributed by atoms with Gasteiger partial charge in [0.2, 0.25) is 0 Å². The Bertz CT molecular complexity index is 390. The number of hydrogen-bond acceptors (Lipinski definition) is 1. The van der Waals surface area contributed by atoms with Crippen molar-refractivity contribution in [2.45, 2.75) is 19.8 Å². The van der Waals surface area contributed by atoms with Crippen LogP contribution in [0.4, 0.5) is 0 Å². The van der Waals surface area contributed by atoms with Gasteiger partial charge in [-0.15, -0.1) is 12.3 Å². The van der Waals surface area contributed by atoms with E-state index in [0.717, 1.165) is 0 Å². The molecule has 0 aliphatic heterocycles. The molecule has 1 unspecified atom stereocenters. The summed E-state index contributed by atoms with van der Waals surface area (Å²) in [5.41, 5.74) is 0.586. The first kappa shape index (κ1) is 11.8. The van der Waals surface area contributed by atoms with E-state index in [4.69, 9.17) is 18.0 Å². The van der Waals surface area contributed by atoms with Gasteiger partial charge in [0.1, 0.15) is 0 Å². The molecule has 1 aromatic carbocycles. The number of Topliss-reactive ketones (excluding diaryl/α,β-unsaturated/α-hetero) is 1. The SMILES string of the molecule is C#CCC(C)CC(=O)c1ccccc1Cl. The number of terminal acetylenes is 1. The van der Waals surface area contributed by atoms with Gasteiger partial charge in [0.15, 0.2) is 5.78 Å². The highest BCUT2D eigenvalue weighted by Gasteiger charge is 2.12. The van der Waals surface area contributed by atoms with Crippen LogP contribution in [0, 0.1) is 18.3 Å². The van der Waals surface area contributed by atoms with Crippen LogP contribution in [0.25, 0.3) is 0 Å². The van der Waals surface area contributed by atoms with Crippen molar-refractivity contribution in [1.29, 1.82) is 0 Å². The molecule has 0 aliphatic carbocycles. The average molecular weight is 221 g/mol. The highest BCUT2D eigenvalue weighted by Crippen LogP contribution is 2.19. The standard InChI is InChI=1S/C13H13ClO/c1-3-6-10(2)9-13(15)11-7-4-5-8-12(11)14/h1,4-5,7-8,10H,6,9H2,2H3. The number of benzene rings is 1. The normalized spacial score (nSPS) is 11.8. The molecule has 0 heterocycles. The van der Waals surface area contributed by atoms with E-state index in [1.54, 1.807) is 12.1 Å². The van der Waals surface area contributed by atoms with Crippen molar-refractivity contribution < 1.29 is 4.79 Å². The van der Waals surface area contributed by atoms with Crippen molar-refractivity contribution in [1.82, 2.24) is 0 Å². The van der Waals surface area contributed by atoms with Crippen molar-refractivity contribution in [3.05, 3.63) is 34.9 Å². The van der Waals surface area contributed by atoms with Gasteiger partial charge in [-0.05, 0) is 18.1 Å². The van der Waals surface area contributed by atoms with Gasteiger partial charge in [0.25, 0.3) is 0 Å². The van der Waals surface area contributed by atoms with Crippen LogP contribution in [0.1, 0.15) is 30.1 Å². The van der Waals surface area contributed by atoms with Crippen LogP contribution in [0.3, 0.4) is 0 Å². The zero-order chi connectivity index (χ0) is 11.3. The first-order chi connectivity index (χ1) is 7.15. The zero-order valence-corrected chi connectivity index (χ0v) is 9.42. The molecular formula is C13H13ClO. The molecule has 1 rings (SSSR count). The Morgan fingerprint density at radius 3 is 2.80 bits per heavy atom. The topological polar surface area (TPSA) is 17.1 Å². The van der Waals surface area contributed by atoms with Gasteiger partial charge in [-0.3, -0.25) is 4.79 Å². The number of halogens is 1. The molecule has 0 saturated heterocycles. The van der Waals surface area contributed by atoms with E-state index in [-0.39, 0.29) is 11.7 Å². The molecule has 0 spiro atoms. The van der Waals surface area contributed by atoms with Gasteiger partial charge in [0.05, 0.1) is 5.02 Å². The summed E-state index contributed by atoms with van der Waals surface area (Å²) >= 11 is 5.92. The average Bonchev–Trinajstić information content (AvgIpc) is 2.18. The van der Waals surface area contributed by atoms with Gasteiger partial charge in [-0.1, -0.05) is 30.7 Å². The molecule has 1 atom stereocenters. The minimum atomic E-state index is 0.0587. The summed E-state index contributed by atoms with van der Waals surface area (Å²) in [6.07, 6.45) is 6.26. The summed E-state index contributed by atoms with van der Waals surface area (Å²) in [7, 11) is 0. The van der Waals surface area contributed by atoms with E-state index in [1.807, 2.05) is 19.1 Å². The van der Waals surface area contributed by atoms with Crippen LogP contribution in [0.2, 0.25) is 5.02 Å². The van der Waals surface area contributed by atoms with Gasteiger partial charge in [0, 0.05) is 18.4 Å². The molecule has 0 N–H and O–H groups in total. The predicted octanol–water partition coefficient (Wildman–Crippen LogP) is 3.57. The second-order valence-electron chi connectivity index (χ2n) is 3.62. The molecule has 0 fully saturated rings. The van der Waals surface area contributed by atoms with Crippen molar-refractivity contribution in [3.8, 4) is 12.3 Å². The van der Waals surface area contributed by atoms with Crippen LogP contribution in [0.15, 0.2) is 24.3 Å². The van der Waals surface area contributed by atoms with E-state index in [2.05, 4.69) is 5.92 Å². The number of rotatable bonds is 4. The molecule has 0 radical (unpaired) electrons. The summed E-state index contributed by atoms with van der Waals surface area (Å²) in [5.74, 6) is 2.82. The summed E-state index contributed by atoms with van der Waals surface area (Å²) in [6, 6.07) is 7.09. The maximum atomic E-state index is 11.8. The minimum Gasteiger partial charge on any atom is -0.294 e. The van der Waals surface area contributed by atoms with Crippen LogP contribution in [-0.4, -0.2) is 5.78 Å². The van der Waals surface area contributed by atoms with Gasteiger partial charge in [-0.25, -0.2) is 0 Å². The van der Waals surface area contributed by atoms with Gasteiger partial charge >= 0.3 is 0 Å². The number of carbonyl (C=O) groups excluding carboxylic acids is 1. The molecule has 78 valence electrons. The second-order valence-corrected chi connectivity index (χ2v) is 4.03. The number of carbonyl (C=O) groups is 1. The fourth-order valence-electron chi connectivity index (χ4n) is 1.39. The van der Waals surface area contributed by atoms with Crippen molar-refractivity contribution in [2.24, 2.45) is 5.92 Å². The Hall–Kier alpha value is -1.26. The number of hydrogen-bond donors (Lipinski definition) is 0. The maximum Gasteiger partial charge on any atom is 0.164 e. The van der Waals surface area contributed by atoms with E-state index >= 15 is 0 Å². The van der Waals surface area contributed by atoms with Crippen LogP contribution in [0.5, 0.6) is 0 Å². The smallest absolute Gasteiger partial charge is 0.164 e. The lowest BCUT2D eigenvalue weighted by Crippen LogP contribution is -2.06. The second kappa shape index (κ2) is 5.58. The first-order valence-corrected chi connectivity index (χ1v) is 5.24. The zero-order valence-electron chi connectivity index (χ0n) is 8.66. The van der Waals surface area contributed by atoms with Crippen molar-refractivity contribution in [2.75, 3.05) is 0 Å². The highest BCUT2D eigenvalue weighted by atomic mass is 35.5. The van der Waals surface area contributed by atoms with Crippen LogP contribution in [-0.2, 0) is 0 Å². The summed E-state index contributed by atoms with van der Waals surface area (Å²) in [6.45, 7) is 1.97. The molecule has 1 aromatic rings. The summed E-state index contributed by atoms with van der Waals surface area (Å²) < 4.78 is 0. The molecular weight excluding hydrogens is 208 g/mol. The third-order valence-electron chi connectivity index (χ3n) is 2.17. The van der Waals surface area contributed by atoms with E-state index in [1.165, 1.54) is 0 Å². The maximum absolute atomic E-state index is 11.8. The minimum absolute atomic E-state index is 0.0587. The molecule has 0 aromatic heterocycles. The Labute approximate surface area is 95.5 Å². The van der Waals surface area contributed by atoms with Crippen molar-refractivity contribution >= 4 is 17.4 Å². The highest BCUT2D eigenvalue weighted by molar-refractivity contribution is 6.33. The summed E-state index contributed by atoms with van der Waals surface area (Å²) in [4.78, 5) is 11.8. The Morgan fingerprint density at radius 2 is 2.20 bits per heavy atom. The monoisotopic (exact) mass is 220 g/mol. The Balaban J connectivity index is 2.70. The Morgan fingerprint density at radius 1 is 1.53 bits per heavy atom. The lowest BCUT2D eigenvalue weighted by molar-refractivity contribution is 0.0965. The molecule has 15 heavy (non-hydrogen) atoms.